The first-order chi connectivity index (χ1) is 9.35. The summed E-state index contributed by atoms with van der Waals surface area (Å²) in [4.78, 5) is 21.5. The number of carboxylic acid groups (broad SMARTS) is 1. The van der Waals surface area contributed by atoms with E-state index in [0.29, 0.717) is 5.56 Å². The first kappa shape index (κ1) is 16.1. The summed E-state index contributed by atoms with van der Waals surface area (Å²) in [7, 11) is -2.54. The molecule has 0 spiro atoms. The first-order valence-electron chi connectivity index (χ1n) is 5.72. The quantitative estimate of drug-likeness (QED) is 0.694. The van der Waals surface area contributed by atoms with E-state index in [1.807, 2.05) is 0 Å². The van der Waals surface area contributed by atoms with Crippen LogP contribution >= 0.6 is 0 Å². The second-order valence-corrected chi connectivity index (χ2v) is 5.71. The van der Waals surface area contributed by atoms with Crippen molar-refractivity contribution in [2.75, 3.05) is 13.7 Å². The van der Waals surface area contributed by atoms with Gasteiger partial charge in [0.2, 0.25) is 10.0 Å². The summed E-state index contributed by atoms with van der Waals surface area (Å²) in [6, 6.07) is 5.82. The number of aliphatic carboxylic acids is 1. The van der Waals surface area contributed by atoms with E-state index in [-0.39, 0.29) is 24.3 Å². The van der Waals surface area contributed by atoms with E-state index >= 15 is 0 Å². The lowest BCUT2D eigenvalue weighted by Gasteiger charge is -2.07. The fourth-order valence-corrected chi connectivity index (χ4v) is 2.54. The Morgan fingerprint density at radius 3 is 2.65 bits per heavy atom. The molecule has 0 saturated heterocycles. The van der Waals surface area contributed by atoms with Gasteiger partial charge in [0.1, 0.15) is 0 Å². The number of hydrogen-bond donors (Lipinski definition) is 2. The third kappa shape index (κ3) is 4.98. The Labute approximate surface area is 116 Å². The van der Waals surface area contributed by atoms with Crippen molar-refractivity contribution in [3.8, 4) is 0 Å². The second kappa shape index (κ2) is 7.01. The first-order valence-corrected chi connectivity index (χ1v) is 7.20. The summed E-state index contributed by atoms with van der Waals surface area (Å²) in [6.07, 6.45) is -0.337. The van der Waals surface area contributed by atoms with Gasteiger partial charge in [-0.05, 0) is 17.7 Å². The molecule has 0 aliphatic rings. The highest BCUT2D eigenvalue weighted by molar-refractivity contribution is 7.89. The lowest BCUT2D eigenvalue weighted by Crippen LogP contribution is -2.26. The number of carbonyl (C=O) groups excluding carboxylic acids is 1. The van der Waals surface area contributed by atoms with Crippen LogP contribution in [0.5, 0.6) is 0 Å². The predicted molar refractivity (Wildman–Crippen MR) is 69.6 cm³/mol. The molecule has 0 fully saturated rings. The van der Waals surface area contributed by atoms with Gasteiger partial charge in [-0.2, -0.15) is 0 Å². The van der Waals surface area contributed by atoms with Gasteiger partial charge in [-0.1, -0.05) is 12.1 Å². The summed E-state index contributed by atoms with van der Waals surface area (Å²) < 4.78 is 30.5. The van der Waals surface area contributed by atoms with Crippen LogP contribution in [-0.4, -0.2) is 39.1 Å². The van der Waals surface area contributed by atoms with Crippen LogP contribution in [0.25, 0.3) is 0 Å². The highest BCUT2D eigenvalue weighted by atomic mass is 32.2. The van der Waals surface area contributed by atoms with Gasteiger partial charge in [-0.25, -0.2) is 13.1 Å². The second-order valence-electron chi connectivity index (χ2n) is 3.94. The molecule has 1 aromatic carbocycles. The number of sulfonamides is 1. The van der Waals surface area contributed by atoms with Gasteiger partial charge in [0.15, 0.2) is 0 Å². The summed E-state index contributed by atoms with van der Waals surface area (Å²) >= 11 is 0. The van der Waals surface area contributed by atoms with E-state index in [9.17, 15) is 18.0 Å². The molecule has 0 aromatic heterocycles. The molecule has 7 nitrogen and oxygen atoms in total. The number of ether oxygens (including phenoxy) is 1. The Hall–Kier alpha value is -1.93. The Balaban J connectivity index is 2.82. The van der Waals surface area contributed by atoms with Crippen LogP contribution in [0.15, 0.2) is 29.2 Å². The monoisotopic (exact) mass is 301 g/mol. The van der Waals surface area contributed by atoms with Gasteiger partial charge in [0.25, 0.3) is 0 Å². The molecule has 1 rings (SSSR count). The van der Waals surface area contributed by atoms with Gasteiger partial charge in [0.05, 0.1) is 24.8 Å². The molecule has 0 unspecified atom stereocenters. The van der Waals surface area contributed by atoms with E-state index in [2.05, 4.69) is 9.46 Å². The maximum absolute atomic E-state index is 11.9. The van der Waals surface area contributed by atoms with Crippen molar-refractivity contribution >= 4 is 22.0 Å². The number of benzene rings is 1. The van der Waals surface area contributed by atoms with Crippen molar-refractivity contribution in [1.29, 1.82) is 0 Å². The van der Waals surface area contributed by atoms with Crippen molar-refractivity contribution in [3.05, 3.63) is 29.8 Å². The van der Waals surface area contributed by atoms with Gasteiger partial charge in [0, 0.05) is 6.54 Å². The minimum atomic E-state index is -3.79. The van der Waals surface area contributed by atoms with Crippen molar-refractivity contribution in [3.63, 3.8) is 0 Å². The normalized spacial score (nSPS) is 11.1. The molecule has 0 amide bonds. The van der Waals surface area contributed by atoms with Crippen molar-refractivity contribution in [2.24, 2.45) is 0 Å². The summed E-state index contributed by atoms with van der Waals surface area (Å²) in [5.41, 5.74) is 0.498. The SMILES string of the molecule is COC(=O)Cc1cccc(S(=O)(=O)NCCC(=O)O)c1. The van der Waals surface area contributed by atoms with Crippen molar-refractivity contribution in [2.45, 2.75) is 17.7 Å². The molecule has 0 aliphatic heterocycles. The fourth-order valence-electron chi connectivity index (χ4n) is 1.44. The average molecular weight is 301 g/mol. The van der Waals surface area contributed by atoms with Crippen LogP contribution in [0.4, 0.5) is 0 Å². The Kier molecular flexibility index (Phi) is 5.66. The number of carbonyl (C=O) groups is 2. The Morgan fingerprint density at radius 2 is 2.05 bits per heavy atom. The molecule has 0 saturated carbocycles. The molecule has 20 heavy (non-hydrogen) atoms. The Morgan fingerprint density at radius 1 is 1.35 bits per heavy atom. The summed E-state index contributed by atoms with van der Waals surface area (Å²) in [5.74, 6) is -1.56. The van der Waals surface area contributed by atoms with Gasteiger partial charge < -0.3 is 9.84 Å². The third-order valence-corrected chi connectivity index (χ3v) is 3.87. The molecule has 0 heterocycles. The van der Waals surface area contributed by atoms with Crippen molar-refractivity contribution < 1.29 is 27.9 Å². The highest BCUT2D eigenvalue weighted by Crippen LogP contribution is 2.12. The number of methoxy groups -OCH3 is 1. The smallest absolute Gasteiger partial charge is 0.309 e. The van der Waals surface area contributed by atoms with E-state index in [1.54, 1.807) is 6.07 Å². The van der Waals surface area contributed by atoms with E-state index in [1.165, 1.54) is 25.3 Å². The molecular weight excluding hydrogens is 286 g/mol. The van der Waals surface area contributed by atoms with Crippen LogP contribution in [0.2, 0.25) is 0 Å². The summed E-state index contributed by atoms with van der Waals surface area (Å²) in [6.45, 7) is -0.196. The predicted octanol–water partition coefficient (Wildman–Crippen LogP) is 0.155. The molecule has 1 aromatic rings. The number of esters is 1. The Bertz CT molecular complexity index is 596. The lowest BCUT2D eigenvalue weighted by molar-refractivity contribution is -0.140. The van der Waals surface area contributed by atoms with Gasteiger partial charge in [-0.3, -0.25) is 9.59 Å². The van der Waals surface area contributed by atoms with Crippen LogP contribution in [0, 0.1) is 0 Å². The van der Waals surface area contributed by atoms with Crippen molar-refractivity contribution in [1.82, 2.24) is 4.72 Å². The fraction of sp³-hybridized carbons (Fsp3) is 0.333. The maximum atomic E-state index is 11.9. The van der Waals surface area contributed by atoms with Gasteiger partial charge in [-0.15, -0.1) is 0 Å². The van der Waals surface area contributed by atoms with Crippen LogP contribution in [0.1, 0.15) is 12.0 Å². The number of hydrogen-bond acceptors (Lipinski definition) is 5. The van der Waals surface area contributed by atoms with Gasteiger partial charge >= 0.3 is 11.9 Å². The molecule has 110 valence electrons. The zero-order valence-corrected chi connectivity index (χ0v) is 11.6. The molecule has 0 radical (unpaired) electrons. The molecular formula is C12H15NO6S. The maximum Gasteiger partial charge on any atom is 0.309 e. The third-order valence-electron chi connectivity index (χ3n) is 2.42. The minimum Gasteiger partial charge on any atom is -0.481 e. The summed E-state index contributed by atoms with van der Waals surface area (Å²) in [5, 5.41) is 8.47. The number of carboxylic acids is 1. The zero-order valence-electron chi connectivity index (χ0n) is 10.8. The molecule has 0 aliphatic carbocycles. The molecule has 2 N–H and O–H groups in total. The molecule has 0 bridgehead atoms. The van der Waals surface area contributed by atoms with E-state index < -0.39 is 22.0 Å². The average Bonchev–Trinajstić information content (AvgIpc) is 2.38. The van der Waals surface area contributed by atoms with E-state index in [4.69, 9.17) is 5.11 Å². The lowest BCUT2D eigenvalue weighted by atomic mass is 10.1. The van der Waals surface area contributed by atoms with Crippen LogP contribution < -0.4 is 4.72 Å². The van der Waals surface area contributed by atoms with Crippen LogP contribution in [-0.2, 0) is 30.8 Å². The minimum absolute atomic E-state index is 0.0238. The zero-order chi connectivity index (χ0) is 15.2. The highest BCUT2D eigenvalue weighted by Gasteiger charge is 2.15. The number of nitrogens with one attached hydrogen (secondary N) is 1. The van der Waals surface area contributed by atoms with Crippen LogP contribution in [0.3, 0.4) is 0 Å². The molecule has 8 heteroatoms. The largest absolute Gasteiger partial charge is 0.481 e. The van der Waals surface area contributed by atoms with E-state index in [0.717, 1.165) is 0 Å². The topological polar surface area (TPSA) is 110 Å². The molecule has 0 atom stereocenters. The standard InChI is InChI=1S/C12H15NO6S/c1-19-12(16)8-9-3-2-4-10(7-9)20(17,18)13-6-5-11(14)15/h2-4,7,13H,5-6,8H2,1H3,(H,14,15). The number of rotatable bonds is 7.